The Morgan fingerprint density at radius 2 is 1.76 bits per heavy atom. The molecule has 2 aromatic rings. The van der Waals surface area contributed by atoms with E-state index in [-0.39, 0.29) is 5.69 Å². The fraction of sp³-hybridized carbons (Fsp3) is 0.250. The van der Waals surface area contributed by atoms with Crippen LogP contribution in [0.3, 0.4) is 0 Å². The van der Waals surface area contributed by atoms with Crippen molar-refractivity contribution in [3.05, 3.63) is 59.7 Å². The molecule has 0 radical (unpaired) electrons. The zero-order valence-corrected chi connectivity index (χ0v) is 12.0. The highest BCUT2D eigenvalue weighted by atomic mass is 35.5. The number of aryl methyl sites for hydroxylation is 1. The zero-order chi connectivity index (χ0) is 15.3. The lowest BCUT2D eigenvalue weighted by Gasteiger charge is -2.15. The third kappa shape index (κ3) is 4.39. The molecule has 1 nitrogen and oxygen atoms in total. The van der Waals surface area contributed by atoms with E-state index in [1.807, 2.05) is 18.2 Å². The minimum atomic E-state index is -4.38. The first-order valence-corrected chi connectivity index (χ1v) is 7.12. The Balaban J connectivity index is 2.23. The number of hydrogen-bond acceptors (Lipinski definition) is 1. The Morgan fingerprint density at radius 1 is 1.00 bits per heavy atom. The first-order valence-electron chi connectivity index (χ1n) is 6.59. The van der Waals surface area contributed by atoms with Gasteiger partial charge in [0.05, 0.1) is 11.3 Å². The van der Waals surface area contributed by atoms with Crippen molar-refractivity contribution in [1.82, 2.24) is 0 Å². The maximum atomic E-state index is 12.9. The molecule has 0 aliphatic carbocycles. The molecule has 0 aliphatic heterocycles. The van der Waals surface area contributed by atoms with Crippen LogP contribution in [0, 0.1) is 0 Å². The van der Waals surface area contributed by atoms with Crippen LogP contribution in [0.2, 0.25) is 0 Å². The maximum absolute atomic E-state index is 12.9. The molecule has 0 aromatic heterocycles. The van der Waals surface area contributed by atoms with Crippen molar-refractivity contribution in [3.8, 4) is 0 Å². The molecule has 0 amide bonds. The van der Waals surface area contributed by atoms with Crippen molar-refractivity contribution in [2.45, 2.75) is 19.0 Å². The summed E-state index contributed by atoms with van der Waals surface area (Å²) in [7, 11) is 0. The number of benzene rings is 2. The van der Waals surface area contributed by atoms with E-state index in [1.54, 1.807) is 12.1 Å². The number of hydrogen-bond donors (Lipinski definition) is 1. The van der Waals surface area contributed by atoms with Crippen molar-refractivity contribution in [2.24, 2.45) is 0 Å². The van der Waals surface area contributed by atoms with Gasteiger partial charge in [-0.3, -0.25) is 0 Å². The summed E-state index contributed by atoms with van der Waals surface area (Å²) in [5, 5.41) is 2.84. The van der Waals surface area contributed by atoms with Crippen molar-refractivity contribution in [3.63, 3.8) is 0 Å². The van der Waals surface area contributed by atoms with Crippen molar-refractivity contribution in [2.75, 3.05) is 11.2 Å². The Morgan fingerprint density at radius 3 is 2.48 bits per heavy atom. The van der Waals surface area contributed by atoms with Crippen molar-refractivity contribution < 1.29 is 13.2 Å². The van der Waals surface area contributed by atoms with E-state index in [9.17, 15) is 13.2 Å². The van der Waals surface area contributed by atoms with Crippen LogP contribution in [0.15, 0.2) is 48.5 Å². The molecule has 112 valence electrons. The topological polar surface area (TPSA) is 12.0 Å². The van der Waals surface area contributed by atoms with Crippen LogP contribution in [0.25, 0.3) is 0 Å². The summed E-state index contributed by atoms with van der Waals surface area (Å²) >= 11 is 5.65. The summed E-state index contributed by atoms with van der Waals surface area (Å²) in [5.74, 6) is 0.564. The molecule has 0 aliphatic rings. The first-order chi connectivity index (χ1) is 10.0. The van der Waals surface area contributed by atoms with Crippen LogP contribution < -0.4 is 5.32 Å². The van der Waals surface area contributed by atoms with Gasteiger partial charge in [-0.15, -0.1) is 11.6 Å². The van der Waals surface area contributed by atoms with Crippen molar-refractivity contribution >= 4 is 23.0 Å². The van der Waals surface area contributed by atoms with Gasteiger partial charge in [0, 0.05) is 11.6 Å². The van der Waals surface area contributed by atoms with Crippen LogP contribution in [0.1, 0.15) is 17.5 Å². The lowest BCUT2D eigenvalue weighted by Crippen LogP contribution is -2.08. The van der Waals surface area contributed by atoms with Crippen LogP contribution in [-0.2, 0) is 12.6 Å². The molecule has 0 spiro atoms. The predicted octanol–water partition coefficient (Wildman–Crippen LogP) is 5.62. The van der Waals surface area contributed by atoms with Gasteiger partial charge in [0.1, 0.15) is 0 Å². The van der Waals surface area contributed by atoms with E-state index in [4.69, 9.17) is 11.6 Å². The van der Waals surface area contributed by atoms with Gasteiger partial charge in [0.2, 0.25) is 0 Å². The summed E-state index contributed by atoms with van der Waals surface area (Å²) in [6.45, 7) is 0. The standard InChI is InChI=1S/C16H15ClF3N/c17-10-4-6-12-5-3-7-13(11-12)21-15-9-2-1-8-14(15)16(18,19)20/h1-3,5,7-9,11,21H,4,6,10H2. The van der Waals surface area contributed by atoms with Crippen LogP contribution >= 0.6 is 11.6 Å². The van der Waals surface area contributed by atoms with Gasteiger partial charge in [-0.1, -0.05) is 24.3 Å². The predicted molar refractivity (Wildman–Crippen MR) is 80.2 cm³/mol. The van der Waals surface area contributed by atoms with Gasteiger partial charge in [-0.2, -0.15) is 13.2 Å². The third-order valence-electron chi connectivity index (χ3n) is 3.04. The Labute approximate surface area is 126 Å². The minimum Gasteiger partial charge on any atom is -0.355 e. The zero-order valence-electron chi connectivity index (χ0n) is 11.3. The van der Waals surface area contributed by atoms with Gasteiger partial charge in [-0.25, -0.2) is 0 Å². The van der Waals surface area contributed by atoms with Gasteiger partial charge in [0.25, 0.3) is 0 Å². The average molecular weight is 314 g/mol. The third-order valence-corrected chi connectivity index (χ3v) is 3.30. The highest BCUT2D eigenvalue weighted by Gasteiger charge is 2.33. The fourth-order valence-electron chi connectivity index (χ4n) is 2.07. The molecule has 1 N–H and O–H groups in total. The molecule has 0 atom stereocenters. The number of para-hydroxylation sites is 1. The molecule has 21 heavy (non-hydrogen) atoms. The molecule has 0 saturated carbocycles. The van der Waals surface area contributed by atoms with Crippen molar-refractivity contribution in [1.29, 1.82) is 0 Å². The van der Waals surface area contributed by atoms with E-state index in [2.05, 4.69) is 5.32 Å². The molecule has 0 unspecified atom stereocenters. The number of anilines is 2. The second kappa shape index (κ2) is 6.85. The van der Waals surface area contributed by atoms with Crippen LogP contribution in [-0.4, -0.2) is 5.88 Å². The fourth-order valence-corrected chi connectivity index (χ4v) is 2.20. The largest absolute Gasteiger partial charge is 0.418 e. The Bertz CT molecular complexity index is 596. The number of halogens is 4. The van der Waals surface area contributed by atoms with Gasteiger partial charge in [0.15, 0.2) is 0 Å². The highest BCUT2D eigenvalue weighted by molar-refractivity contribution is 6.17. The molecular weight excluding hydrogens is 299 g/mol. The van der Waals surface area contributed by atoms with Gasteiger partial charge >= 0.3 is 6.18 Å². The van der Waals surface area contributed by atoms with Crippen LogP contribution in [0.4, 0.5) is 24.5 Å². The lowest BCUT2D eigenvalue weighted by atomic mass is 10.1. The van der Waals surface area contributed by atoms with E-state index >= 15 is 0 Å². The quantitative estimate of drug-likeness (QED) is 0.706. The molecule has 2 rings (SSSR count). The summed E-state index contributed by atoms with van der Waals surface area (Å²) in [6, 6.07) is 12.8. The van der Waals surface area contributed by atoms with E-state index in [0.29, 0.717) is 11.6 Å². The number of rotatable bonds is 5. The highest BCUT2D eigenvalue weighted by Crippen LogP contribution is 2.35. The summed E-state index contributed by atoms with van der Waals surface area (Å²) in [6.07, 6.45) is -2.73. The first kappa shape index (κ1) is 15.7. The average Bonchev–Trinajstić information content (AvgIpc) is 2.45. The summed E-state index contributed by atoms with van der Waals surface area (Å²) in [4.78, 5) is 0. The molecule has 0 heterocycles. The molecule has 0 fully saturated rings. The number of nitrogens with one attached hydrogen (secondary N) is 1. The monoisotopic (exact) mass is 313 g/mol. The van der Waals surface area contributed by atoms with E-state index < -0.39 is 11.7 Å². The second-order valence-corrected chi connectivity index (χ2v) is 5.04. The lowest BCUT2D eigenvalue weighted by molar-refractivity contribution is -0.136. The summed E-state index contributed by atoms with van der Waals surface area (Å²) < 4.78 is 38.8. The van der Waals surface area contributed by atoms with Gasteiger partial charge < -0.3 is 5.32 Å². The van der Waals surface area contributed by atoms with Crippen LogP contribution in [0.5, 0.6) is 0 Å². The van der Waals surface area contributed by atoms with E-state index in [0.717, 1.165) is 24.5 Å². The molecular formula is C16H15ClF3N. The second-order valence-electron chi connectivity index (χ2n) is 4.66. The molecule has 2 aromatic carbocycles. The summed E-state index contributed by atoms with van der Waals surface area (Å²) in [5.41, 5.74) is 1.07. The molecule has 0 saturated heterocycles. The number of alkyl halides is 4. The smallest absolute Gasteiger partial charge is 0.355 e. The normalized spacial score (nSPS) is 11.4. The Hall–Kier alpha value is -1.68. The van der Waals surface area contributed by atoms with E-state index in [1.165, 1.54) is 12.1 Å². The van der Waals surface area contributed by atoms with Gasteiger partial charge in [-0.05, 0) is 42.7 Å². The SMILES string of the molecule is FC(F)(F)c1ccccc1Nc1cccc(CCCCl)c1. The molecule has 0 bridgehead atoms. The molecule has 5 heteroatoms. The minimum absolute atomic E-state index is 0.0551. The Kier molecular flexibility index (Phi) is 5.12. The maximum Gasteiger partial charge on any atom is 0.418 e.